The van der Waals surface area contributed by atoms with Crippen LogP contribution in [0.25, 0.3) is 10.9 Å². The van der Waals surface area contributed by atoms with Crippen LogP contribution in [0.15, 0.2) is 30.5 Å². The van der Waals surface area contributed by atoms with E-state index in [2.05, 4.69) is 20.9 Å². The molecule has 1 aromatic heterocycles. The number of nitrogens with two attached hydrogens (primary N) is 3. The van der Waals surface area contributed by atoms with E-state index in [4.69, 9.17) is 17.2 Å². The van der Waals surface area contributed by atoms with Crippen molar-refractivity contribution in [1.82, 2.24) is 25.8 Å². The van der Waals surface area contributed by atoms with Gasteiger partial charge in [0.15, 0.2) is 0 Å². The number of benzene rings is 1. The number of H-pyrrole nitrogens is 1. The van der Waals surface area contributed by atoms with Crippen LogP contribution in [0.5, 0.6) is 0 Å². The molecule has 16 nitrogen and oxygen atoms in total. The molecule has 0 bridgehead atoms. The third kappa shape index (κ3) is 10.2. The number of unbranched alkanes of at least 4 members (excludes halogenated alkanes) is 1. The molecule has 0 radical (unpaired) electrons. The van der Waals surface area contributed by atoms with E-state index in [0.29, 0.717) is 25.8 Å². The number of carboxylic acids is 1. The summed E-state index contributed by atoms with van der Waals surface area (Å²) in [5.74, 6) is -4.94. The second kappa shape index (κ2) is 17.4. The lowest BCUT2D eigenvalue weighted by Gasteiger charge is -2.31. The number of hydrogen-bond donors (Lipinski definition) is 9. The summed E-state index contributed by atoms with van der Waals surface area (Å²) in [7, 11) is 0. The summed E-state index contributed by atoms with van der Waals surface area (Å²) in [6.45, 7) is 1.80. The fraction of sp³-hybridized carbons (Fsp3) is 0.548. The molecule has 1 aliphatic rings. The number of likely N-dealkylation sites (tertiary alicyclic amines) is 1. The predicted octanol–water partition coefficient (Wildman–Crippen LogP) is -1.66. The fourth-order valence-electron chi connectivity index (χ4n) is 5.62. The number of nitrogens with one attached hydrogen (secondary N) is 4. The molecule has 2 heterocycles. The van der Waals surface area contributed by atoms with Crippen LogP contribution < -0.4 is 33.2 Å². The Bertz CT molecular complexity index is 1430. The Morgan fingerprint density at radius 2 is 1.74 bits per heavy atom. The molecular formula is C31H46N8O8. The highest BCUT2D eigenvalue weighted by molar-refractivity contribution is 5.96. The molecule has 1 fully saturated rings. The van der Waals surface area contributed by atoms with Crippen LogP contribution >= 0.6 is 0 Å². The van der Waals surface area contributed by atoms with Gasteiger partial charge in [0.05, 0.1) is 12.1 Å². The topological polar surface area (TPSA) is 276 Å². The number of aliphatic hydroxyl groups excluding tert-OH is 1. The molecule has 1 aliphatic heterocycles. The zero-order chi connectivity index (χ0) is 34.7. The van der Waals surface area contributed by atoms with E-state index in [1.54, 1.807) is 6.20 Å². The number of aliphatic hydroxyl groups is 1. The van der Waals surface area contributed by atoms with Crippen molar-refractivity contribution in [1.29, 1.82) is 0 Å². The standard InChI is InChI=1S/C31H46N8O8/c1-17(40)26(38-27(42)20(33)15-18-16-35-21-8-3-2-7-19(18)21)29(44)36-22(11-12-25(34)41)30(45)39-14-6-10-24(39)28(43)37-23(31(46)47)9-4-5-13-32/h2-3,7-8,16-17,20,22-24,26,35,40H,4-6,9-15,32-33H2,1H3,(H2,34,41)(H,36,44)(H,37,43)(H,38,42)(H,46,47)/t17-,20+,22+,23+,24+,26+/m1/s1. The number of aromatic nitrogens is 1. The van der Waals surface area contributed by atoms with Gasteiger partial charge in [0.25, 0.3) is 0 Å². The Kier molecular flexibility index (Phi) is 13.7. The second-order valence-electron chi connectivity index (χ2n) is 11.8. The number of carbonyl (C=O) groups excluding carboxylic acids is 5. The quantitative estimate of drug-likeness (QED) is 0.0822. The van der Waals surface area contributed by atoms with Gasteiger partial charge in [-0.2, -0.15) is 0 Å². The summed E-state index contributed by atoms with van der Waals surface area (Å²) in [6.07, 6.45) is 1.88. The first-order valence-electron chi connectivity index (χ1n) is 15.7. The maximum absolute atomic E-state index is 13.7. The number of primary amides is 1. The molecule has 0 spiro atoms. The van der Waals surface area contributed by atoms with E-state index in [1.165, 1.54) is 11.8 Å². The number of hydrogen-bond acceptors (Lipinski definition) is 9. The Morgan fingerprint density at radius 3 is 2.40 bits per heavy atom. The molecule has 12 N–H and O–H groups in total. The third-order valence-electron chi connectivity index (χ3n) is 8.21. The lowest BCUT2D eigenvalue weighted by Crippen LogP contribution is -2.60. The van der Waals surface area contributed by atoms with Crippen LogP contribution in [0.3, 0.4) is 0 Å². The molecular weight excluding hydrogens is 612 g/mol. The van der Waals surface area contributed by atoms with Crippen molar-refractivity contribution in [2.45, 2.75) is 94.6 Å². The van der Waals surface area contributed by atoms with Crippen molar-refractivity contribution in [3.8, 4) is 0 Å². The highest BCUT2D eigenvalue weighted by Crippen LogP contribution is 2.21. The van der Waals surface area contributed by atoms with Crippen LogP contribution in [0.2, 0.25) is 0 Å². The highest BCUT2D eigenvalue weighted by atomic mass is 16.4. The number of nitrogens with zero attached hydrogens (tertiary/aromatic N) is 1. The zero-order valence-corrected chi connectivity index (χ0v) is 26.4. The maximum Gasteiger partial charge on any atom is 0.326 e. The van der Waals surface area contributed by atoms with Crippen LogP contribution in [0.4, 0.5) is 0 Å². The van der Waals surface area contributed by atoms with E-state index in [9.17, 15) is 39.0 Å². The van der Waals surface area contributed by atoms with Crippen LogP contribution in [-0.4, -0.2) is 105 Å². The molecule has 0 aliphatic carbocycles. The van der Waals surface area contributed by atoms with E-state index in [-0.39, 0.29) is 38.6 Å². The number of carboxylic acid groups (broad SMARTS) is 1. The van der Waals surface area contributed by atoms with E-state index in [0.717, 1.165) is 16.5 Å². The van der Waals surface area contributed by atoms with Crippen molar-refractivity contribution in [2.75, 3.05) is 13.1 Å². The molecule has 2 aromatic rings. The summed E-state index contributed by atoms with van der Waals surface area (Å²) >= 11 is 0. The smallest absolute Gasteiger partial charge is 0.326 e. The molecule has 0 saturated carbocycles. The summed E-state index contributed by atoms with van der Waals surface area (Å²) < 4.78 is 0. The average Bonchev–Trinajstić information content (AvgIpc) is 3.68. The largest absolute Gasteiger partial charge is 0.480 e. The Hall–Kier alpha value is -4.54. The molecule has 1 saturated heterocycles. The van der Waals surface area contributed by atoms with Crippen molar-refractivity contribution >= 4 is 46.4 Å². The van der Waals surface area contributed by atoms with Crippen molar-refractivity contribution in [3.05, 3.63) is 36.0 Å². The fourth-order valence-corrected chi connectivity index (χ4v) is 5.62. The molecule has 16 heteroatoms. The maximum atomic E-state index is 13.7. The highest BCUT2D eigenvalue weighted by Gasteiger charge is 2.40. The van der Waals surface area contributed by atoms with Gasteiger partial charge in [0, 0.05) is 30.1 Å². The minimum atomic E-state index is -1.51. The van der Waals surface area contributed by atoms with Crippen molar-refractivity contribution in [3.63, 3.8) is 0 Å². The van der Waals surface area contributed by atoms with Gasteiger partial charge >= 0.3 is 5.97 Å². The number of amides is 5. The Morgan fingerprint density at radius 1 is 1.02 bits per heavy atom. The Labute approximate surface area is 272 Å². The van der Waals surface area contributed by atoms with Gasteiger partial charge in [-0.1, -0.05) is 18.2 Å². The first kappa shape index (κ1) is 36.9. The Balaban J connectivity index is 1.70. The first-order valence-corrected chi connectivity index (χ1v) is 15.7. The predicted molar refractivity (Wildman–Crippen MR) is 171 cm³/mol. The van der Waals surface area contributed by atoms with E-state index >= 15 is 0 Å². The molecule has 6 atom stereocenters. The van der Waals surface area contributed by atoms with Gasteiger partial charge < -0.3 is 53.2 Å². The van der Waals surface area contributed by atoms with Crippen LogP contribution in [0, 0.1) is 0 Å². The summed E-state index contributed by atoms with van der Waals surface area (Å²) in [6, 6.07) is 1.35. The third-order valence-corrected chi connectivity index (χ3v) is 8.21. The van der Waals surface area contributed by atoms with E-state index < -0.39 is 71.8 Å². The van der Waals surface area contributed by atoms with Crippen molar-refractivity contribution < 1.29 is 39.0 Å². The summed E-state index contributed by atoms with van der Waals surface area (Å²) in [4.78, 5) is 81.0. The molecule has 5 amide bonds. The number of fused-ring (bicyclic) bond motifs is 1. The van der Waals surface area contributed by atoms with Gasteiger partial charge in [-0.3, -0.25) is 24.0 Å². The summed E-state index contributed by atoms with van der Waals surface area (Å²) in [5, 5.41) is 28.3. The molecule has 3 rings (SSSR count). The number of rotatable bonds is 18. The van der Waals surface area contributed by atoms with Gasteiger partial charge in [-0.25, -0.2) is 4.79 Å². The molecule has 0 unspecified atom stereocenters. The minimum absolute atomic E-state index is 0.137. The average molecular weight is 659 g/mol. The number of para-hydroxylation sites is 1. The van der Waals surface area contributed by atoms with E-state index in [1.807, 2.05) is 24.3 Å². The number of aliphatic carboxylic acids is 1. The second-order valence-corrected chi connectivity index (χ2v) is 11.8. The number of carbonyl (C=O) groups is 6. The normalized spacial score (nSPS) is 17.7. The van der Waals surface area contributed by atoms with Crippen LogP contribution in [0.1, 0.15) is 57.4 Å². The monoisotopic (exact) mass is 658 g/mol. The van der Waals surface area contributed by atoms with Gasteiger partial charge in [-0.05, 0) is 70.0 Å². The lowest BCUT2D eigenvalue weighted by atomic mass is 10.0. The molecule has 258 valence electrons. The van der Waals surface area contributed by atoms with Crippen molar-refractivity contribution in [2.24, 2.45) is 17.2 Å². The lowest BCUT2D eigenvalue weighted by molar-refractivity contribution is -0.145. The zero-order valence-electron chi connectivity index (χ0n) is 26.4. The molecule has 47 heavy (non-hydrogen) atoms. The summed E-state index contributed by atoms with van der Waals surface area (Å²) in [5.41, 5.74) is 18.6. The van der Waals surface area contributed by atoms with Gasteiger partial charge in [-0.15, -0.1) is 0 Å². The van der Waals surface area contributed by atoms with Crippen LogP contribution in [-0.2, 0) is 35.2 Å². The SMILES string of the molecule is C[C@@H](O)[C@H](NC(=O)[C@@H](N)Cc1c[nH]c2ccccc12)C(=O)N[C@@H](CCC(N)=O)C(=O)N1CCC[C@H]1C(=O)N[C@@H](CCCCN)C(=O)O. The minimum Gasteiger partial charge on any atom is -0.480 e. The van der Waals surface area contributed by atoms with Gasteiger partial charge in [0.2, 0.25) is 29.5 Å². The number of aromatic amines is 1. The first-order chi connectivity index (χ1) is 22.3. The van der Waals surface area contributed by atoms with Gasteiger partial charge in [0.1, 0.15) is 24.2 Å². The molecule has 1 aromatic carbocycles.